The minimum absolute atomic E-state index is 0.00410. The highest BCUT2D eigenvalue weighted by Gasteiger charge is 2.34. The van der Waals surface area contributed by atoms with Crippen molar-refractivity contribution in [3.63, 3.8) is 0 Å². The molecule has 0 aliphatic carbocycles. The highest BCUT2D eigenvalue weighted by atomic mass is 35.5. The van der Waals surface area contributed by atoms with Gasteiger partial charge in [0.2, 0.25) is 11.8 Å². The van der Waals surface area contributed by atoms with E-state index >= 15 is 0 Å². The molecule has 0 heterocycles. The van der Waals surface area contributed by atoms with E-state index in [1.165, 1.54) is 29.2 Å². The van der Waals surface area contributed by atoms with E-state index in [0.29, 0.717) is 17.1 Å². The average Bonchev–Trinajstić information content (AvgIpc) is 2.99. The van der Waals surface area contributed by atoms with Crippen molar-refractivity contribution in [1.29, 1.82) is 0 Å². The Morgan fingerprint density at radius 3 is 2.16 bits per heavy atom. The second kappa shape index (κ2) is 14.3. The molecule has 0 saturated heterocycles. The van der Waals surface area contributed by atoms with Crippen LogP contribution < -0.4 is 9.62 Å². The fourth-order valence-corrected chi connectivity index (χ4v) is 6.28. The third kappa shape index (κ3) is 8.21. The zero-order valence-corrected chi connectivity index (χ0v) is 25.5. The van der Waals surface area contributed by atoms with E-state index in [-0.39, 0.29) is 29.5 Å². The number of halogens is 2. The Labute approximate surface area is 257 Å². The number of hydrogen-bond donors (Lipinski definition) is 1. The van der Waals surface area contributed by atoms with Crippen LogP contribution in [0, 0.1) is 12.7 Å². The molecule has 224 valence electrons. The lowest BCUT2D eigenvalue weighted by molar-refractivity contribution is -0.140. The zero-order chi connectivity index (χ0) is 31.0. The Kier molecular flexibility index (Phi) is 10.6. The van der Waals surface area contributed by atoms with E-state index in [9.17, 15) is 22.4 Å². The number of amides is 2. The first-order valence-electron chi connectivity index (χ1n) is 13.8. The van der Waals surface area contributed by atoms with Crippen LogP contribution in [0.2, 0.25) is 5.02 Å². The molecule has 1 N–H and O–H groups in total. The molecule has 4 aromatic carbocycles. The number of likely N-dealkylation sites (N-methyl/N-ethyl adjacent to an activating group) is 1. The third-order valence-corrected chi connectivity index (χ3v) is 8.89. The monoisotopic (exact) mass is 621 g/mol. The molecule has 7 nitrogen and oxygen atoms in total. The SMILES string of the molecule is CCNC(=O)[C@H](Cc1ccccc1)N(Cc1cccc(Cl)c1)C(=O)CN(c1ccc(F)cc1)S(=O)(=O)c1ccc(C)cc1. The number of hydrogen-bond acceptors (Lipinski definition) is 4. The predicted octanol–water partition coefficient (Wildman–Crippen LogP) is 5.76. The molecule has 0 bridgehead atoms. The van der Waals surface area contributed by atoms with E-state index in [1.54, 1.807) is 43.3 Å². The van der Waals surface area contributed by atoms with Gasteiger partial charge in [0.05, 0.1) is 10.6 Å². The molecule has 4 rings (SSSR count). The smallest absolute Gasteiger partial charge is 0.264 e. The number of carbonyl (C=O) groups excluding carboxylic acids is 2. The fourth-order valence-electron chi connectivity index (χ4n) is 4.65. The second-order valence-corrected chi connectivity index (χ2v) is 12.4. The molecule has 0 saturated carbocycles. The Morgan fingerprint density at radius 1 is 0.884 bits per heavy atom. The molecule has 0 aliphatic heterocycles. The highest BCUT2D eigenvalue weighted by molar-refractivity contribution is 7.92. The van der Waals surface area contributed by atoms with E-state index in [2.05, 4.69) is 5.32 Å². The van der Waals surface area contributed by atoms with Crippen molar-refractivity contribution in [3.8, 4) is 0 Å². The summed E-state index contributed by atoms with van der Waals surface area (Å²) in [4.78, 5) is 29.1. The Hall–Kier alpha value is -4.21. The number of nitrogens with one attached hydrogen (secondary N) is 1. The van der Waals surface area contributed by atoms with Gasteiger partial charge in [-0.3, -0.25) is 13.9 Å². The summed E-state index contributed by atoms with van der Waals surface area (Å²) in [6, 6.07) is 26.3. The number of rotatable bonds is 12. The van der Waals surface area contributed by atoms with Crippen LogP contribution in [0.25, 0.3) is 0 Å². The van der Waals surface area contributed by atoms with Gasteiger partial charge in [0.15, 0.2) is 0 Å². The minimum atomic E-state index is -4.27. The van der Waals surface area contributed by atoms with Crippen molar-refractivity contribution in [3.05, 3.63) is 131 Å². The number of anilines is 1. The van der Waals surface area contributed by atoms with Crippen molar-refractivity contribution in [2.45, 2.75) is 37.8 Å². The Bertz CT molecular complexity index is 1650. The second-order valence-electron chi connectivity index (χ2n) is 10.1. The van der Waals surface area contributed by atoms with Crippen LogP contribution in [0.1, 0.15) is 23.6 Å². The van der Waals surface area contributed by atoms with Gasteiger partial charge in [-0.05, 0) is 73.5 Å². The summed E-state index contributed by atoms with van der Waals surface area (Å²) in [7, 11) is -4.27. The van der Waals surface area contributed by atoms with E-state index in [4.69, 9.17) is 11.6 Å². The first-order valence-corrected chi connectivity index (χ1v) is 15.6. The number of benzene rings is 4. The Morgan fingerprint density at radius 2 is 1.53 bits per heavy atom. The molecule has 0 unspecified atom stereocenters. The molecule has 0 aromatic heterocycles. The van der Waals surface area contributed by atoms with E-state index < -0.39 is 34.3 Å². The molecular weight excluding hydrogens is 589 g/mol. The molecule has 0 spiro atoms. The number of carbonyl (C=O) groups is 2. The van der Waals surface area contributed by atoms with Crippen molar-refractivity contribution in [2.75, 3.05) is 17.4 Å². The van der Waals surface area contributed by atoms with Gasteiger partial charge in [0, 0.05) is 24.5 Å². The lowest BCUT2D eigenvalue weighted by atomic mass is 10.0. The van der Waals surface area contributed by atoms with Crippen LogP contribution in [-0.2, 0) is 32.6 Å². The van der Waals surface area contributed by atoms with Gasteiger partial charge in [-0.25, -0.2) is 12.8 Å². The molecule has 1 atom stereocenters. The molecule has 0 aliphatic rings. The standard InChI is InChI=1S/C33H33ClFN3O4S/c1-3-36-33(40)31(21-25-8-5-4-6-9-25)37(22-26-10-7-11-27(34)20-26)32(39)23-38(29-16-14-28(35)15-17-29)43(41,42)30-18-12-24(2)13-19-30/h4-20,31H,3,21-23H2,1-2H3,(H,36,40)/t31-/m0/s1. The van der Waals surface area contributed by atoms with Crippen LogP contribution in [-0.4, -0.2) is 44.3 Å². The topological polar surface area (TPSA) is 86.8 Å². The highest BCUT2D eigenvalue weighted by Crippen LogP contribution is 2.26. The van der Waals surface area contributed by atoms with Crippen LogP contribution in [0.5, 0.6) is 0 Å². The van der Waals surface area contributed by atoms with Gasteiger partial charge < -0.3 is 10.2 Å². The lowest BCUT2D eigenvalue weighted by Crippen LogP contribution is -2.53. The zero-order valence-electron chi connectivity index (χ0n) is 23.9. The predicted molar refractivity (Wildman–Crippen MR) is 167 cm³/mol. The maximum atomic E-state index is 14.3. The average molecular weight is 622 g/mol. The van der Waals surface area contributed by atoms with Crippen molar-refractivity contribution in [1.82, 2.24) is 10.2 Å². The van der Waals surface area contributed by atoms with E-state index in [0.717, 1.165) is 27.6 Å². The number of sulfonamides is 1. The van der Waals surface area contributed by atoms with Gasteiger partial charge in [0.25, 0.3) is 10.0 Å². The van der Waals surface area contributed by atoms with Crippen LogP contribution in [0.4, 0.5) is 10.1 Å². The molecule has 4 aromatic rings. The van der Waals surface area contributed by atoms with Crippen molar-refractivity contribution in [2.24, 2.45) is 0 Å². The number of nitrogens with zero attached hydrogens (tertiary/aromatic N) is 2. The van der Waals surface area contributed by atoms with Crippen LogP contribution in [0.15, 0.2) is 108 Å². The maximum absolute atomic E-state index is 14.3. The summed E-state index contributed by atoms with van der Waals surface area (Å²) in [5, 5.41) is 3.27. The summed E-state index contributed by atoms with van der Waals surface area (Å²) in [5.74, 6) is -1.55. The molecule has 0 fully saturated rings. The summed E-state index contributed by atoms with van der Waals surface area (Å²) < 4.78 is 42.7. The molecule has 2 amide bonds. The van der Waals surface area contributed by atoms with Crippen LogP contribution in [0.3, 0.4) is 0 Å². The number of aryl methyl sites for hydroxylation is 1. The molecule has 0 radical (unpaired) electrons. The first kappa shape index (κ1) is 31.7. The molecular formula is C33H33ClFN3O4S. The van der Waals surface area contributed by atoms with Gasteiger partial charge >= 0.3 is 0 Å². The maximum Gasteiger partial charge on any atom is 0.264 e. The summed E-state index contributed by atoms with van der Waals surface area (Å²) in [6.07, 6.45) is 0.195. The van der Waals surface area contributed by atoms with Crippen molar-refractivity contribution >= 4 is 39.1 Å². The van der Waals surface area contributed by atoms with Gasteiger partial charge in [-0.2, -0.15) is 0 Å². The minimum Gasteiger partial charge on any atom is -0.355 e. The third-order valence-electron chi connectivity index (χ3n) is 6.87. The van der Waals surface area contributed by atoms with Gasteiger partial charge in [-0.15, -0.1) is 0 Å². The van der Waals surface area contributed by atoms with E-state index in [1.807, 2.05) is 37.3 Å². The normalized spacial score (nSPS) is 11.9. The van der Waals surface area contributed by atoms with Crippen molar-refractivity contribution < 1.29 is 22.4 Å². The first-order chi connectivity index (χ1) is 20.6. The largest absolute Gasteiger partial charge is 0.355 e. The summed E-state index contributed by atoms with van der Waals surface area (Å²) in [6.45, 7) is 3.32. The lowest BCUT2D eigenvalue weighted by Gasteiger charge is -2.33. The Balaban J connectivity index is 1.79. The molecule has 10 heteroatoms. The molecule has 43 heavy (non-hydrogen) atoms. The fraction of sp³-hybridized carbons (Fsp3) is 0.212. The summed E-state index contributed by atoms with van der Waals surface area (Å²) in [5.41, 5.74) is 2.46. The quantitative estimate of drug-likeness (QED) is 0.218. The van der Waals surface area contributed by atoms with Crippen LogP contribution >= 0.6 is 11.6 Å². The van der Waals surface area contributed by atoms with Gasteiger partial charge in [-0.1, -0.05) is 71.8 Å². The summed E-state index contributed by atoms with van der Waals surface area (Å²) >= 11 is 6.24. The van der Waals surface area contributed by atoms with Gasteiger partial charge in [0.1, 0.15) is 18.4 Å².